The zero-order chi connectivity index (χ0) is 19.5. The Balaban J connectivity index is 4.77. The van der Waals surface area contributed by atoms with Crippen LogP contribution in [0.25, 0.3) is 0 Å². The highest BCUT2D eigenvalue weighted by Crippen LogP contribution is 2.10. The third-order valence-electron chi connectivity index (χ3n) is 3.74. The summed E-state index contributed by atoms with van der Waals surface area (Å²) in [7, 11) is -2.52. The van der Waals surface area contributed by atoms with Gasteiger partial charge in [0.05, 0.1) is 24.8 Å². The highest BCUT2D eigenvalue weighted by molar-refractivity contribution is 7.89. The number of amides is 1. The summed E-state index contributed by atoms with van der Waals surface area (Å²) in [6.07, 6.45) is 3.63. The predicted molar refractivity (Wildman–Crippen MR) is 94.1 cm³/mol. The monoisotopic (exact) mass is 378 g/mol. The van der Waals surface area contributed by atoms with E-state index in [1.54, 1.807) is 0 Å². The molecule has 0 aromatic carbocycles. The van der Waals surface area contributed by atoms with Gasteiger partial charge in [-0.3, -0.25) is 14.4 Å². The molecule has 0 aliphatic rings. The number of hydrogen-bond donors (Lipinski definition) is 2. The Morgan fingerprint density at radius 1 is 1.08 bits per heavy atom. The number of Topliss-reactive ketones (excluding diaryl/α,β-unsaturated/α-hetero) is 1. The van der Waals surface area contributed by atoms with Crippen LogP contribution in [0.5, 0.6) is 0 Å². The van der Waals surface area contributed by atoms with Crippen molar-refractivity contribution in [2.75, 3.05) is 12.9 Å². The average molecular weight is 378 g/mol. The van der Waals surface area contributed by atoms with E-state index in [2.05, 4.69) is 16.4 Å². The van der Waals surface area contributed by atoms with Crippen molar-refractivity contribution in [3.63, 3.8) is 0 Å². The van der Waals surface area contributed by atoms with Gasteiger partial charge in [0, 0.05) is 12.8 Å². The second kappa shape index (κ2) is 12.0. The number of unbranched alkanes of at least 4 members (excludes halogenated alkanes) is 4. The third kappa shape index (κ3) is 10.9. The summed E-state index contributed by atoms with van der Waals surface area (Å²) in [6.45, 7) is 3.56. The molecule has 0 aromatic rings. The second-order valence-corrected chi connectivity index (χ2v) is 8.04. The topological polar surface area (TPSA) is 133 Å². The van der Waals surface area contributed by atoms with Gasteiger partial charge in [-0.15, -0.1) is 0 Å². The lowest BCUT2D eigenvalue weighted by Gasteiger charge is -2.18. The zero-order valence-corrected chi connectivity index (χ0v) is 16.1. The molecule has 25 heavy (non-hydrogen) atoms. The minimum absolute atomic E-state index is 0.119. The van der Waals surface area contributed by atoms with E-state index in [-0.39, 0.29) is 12.2 Å². The van der Waals surface area contributed by atoms with Gasteiger partial charge in [-0.25, -0.2) is 13.1 Å². The molecule has 0 fully saturated rings. The maximum atomic E-state index is 12.3. The van der Waals surface area contributed by atoms with Crippen LogP contribution in [-0.2, 0) is 29.1 Å². The van der Waals surface area contributed by atoms with Crippen molar-refractivity contribution < 1.29 is 27.5 Å². The first-order chi connectivity index (χ1) is 11.6. The van der Waals surface area contributed by atoms with E-state index in [1.807, 2.05) is 0 Å². The largest absolute Gasteiger partial charge is 0.469 e. The van der Waals surface area contributed by atoms with Gasteiger partial charge in [-0.05, 0) is 6.42 Å². The Hall–Kier alpha value is -1.48. The van der Waals surface area contributed by atoms with E-state index in [9.17, 15) is 22.8 Å². The number of nitrogens with one attached hydrogen (secondary N) is 1. The number of ketones is 1. The summed E-state index contributed by atoms with van der Waals surface area (Å²) in [4.78, 5) is 34.8. The van der Waals surface area contributed by atoms with Gasteiger partial charge in [-0.1, -0.05) is 39.5 Å². The van der Waals surface area contributed by atoms with Crippen LogP contribution in [0.1, 0.15) is 58.8 Å². The Bertz CT molecular complexity index is 547. The fourth-order valence-electron chi connectivity index (χ4n) is 2.32. The van der Waals surface area contributed by atoms with Crippen LogP contribution < -0.4 is 10.5 Å². The smallest absolute Gasteiger partial charge is 0.308 e. The Kier molecular flexibility index (Phi) is 11.3. The van der Waals surface area contributed by atoms with Crippen molar-refractivity contribution >= 4 is 27.7 Å². The molecule has 0 radical (unpaired) electrons. The van der Waals surface area contributed by atoms with Crippen LogP contribution in [-0.4, -0.2) is 45.0 Å². The van der Waals surface area contributed by atoms with Crippen molar-refractivity contribution in [2.24, 2.45) is 11.7 Å². The molecule has 0 aromatic heterocycles. The summed E-state index contributed by atoms with van der Waals surface area (Å²) in [5.74, 6) is -2.79. The summed E-state index contributed by atoms with van der Waals surface area (Å²) in [5, 5.41) is 0. The van der Waals surface area contributed by atoms with Crippen molar-refractivity contribution in [1.82, 2.24) is 4.72 Å². The number of nitrogens with two attached hydrogens (primary N) is 1. The van der Waals surface area contributed by atoms with E-state index in [1.165, 1.54) is 14.0 Å². The molecule has 0 rings (SSSR count). The summed E-state index contributed by atoms with van der Waals surface area (Å²) >= 11 is 0. The fraction of sp³-hybridized carbons (Fsp3) is 0.812. The minimum Gasteiger partial charge on any atom is -0.469 e. The lowest BCUT2D eigenvalue weighted by atomic mass is 9.99. The number of methoxy groups -OCH3 is 1. The van der Waals surface area contributed by atoms with Crippen LogP contribution in [0.2, 0.25) is 0 Å². The molecule has 0 heterocycles. The highest BCUT2D eigenvalue weighted by Gasteiger charge is 2.28. The predicted octanol–water partition coefficient (Wildman–Crippen LogP) is 0.889. The minimum atomic E-state index is -3.72. The molecule has 2 atom stereocenters. The van der Waals surface area contributed by atoms with Crippen LogP contribution in [0.15, 0.2) is 0 Å². The number of primary amides is 1. The van der Waals surface area contributed by atoms with Crippen molar-refractivity contribution in [1.29, 1.82) is 0 Å². The first-order valence-corrected chi connectivity index (χ1v) is 10.2. The number of carbonyl (C=O) groups is 3. The molecule has 0 bridgehead atoms. The van der Waals surface area contributed by atoms with Crippen LogP contribution in [0, 0.1) is 5.92 Å². The van der Waals surface area contributed by atoms with E-state index in [4.69, 9.17) is 5.73 Å². The van der Waals surface area contributed by atoms with Gasteiger partial charge in [0.1, 0.15) is 0 Å². The van der Waals surface area contributed by atoms with Gasteiger partial charge in [0.25, 0.3) is 0 Å². The summed E-state index contributed by atoms with van der Waals surface area (Å²) < 4.78 is 31.0. The van der Waals surface area contributed by atoms with Gasteiger partial charge >= 0.3 is 5.97 Å². The number of esters is 1. The Morgan fingerprint density at radius 3 is 2.20 bits per heavy atom. The SMILES string of the molecule is CCCCCCCS(=O)(=O)N[C@H](CC(N)=O)C(=O)C[C@@H](C)C(=O)OC. The maximum Gasteiger partial charge on any atom is 0.308 e. The molecule has 0 aliphatic heterocycles. The standard InChI is InChI=1S/C16H30N2O6S/c1-4-5-6-7-8-9-25(22,23)18-13(11-15(17)20)14(19)10-12(2)16(21)24-3/h12-13,18H,4-11H2,1-3H3,(H2,17,20)/t12-,13-/m1/s1. The molecule has 0 aliphatic carbocycles. The Labute approximate surface area is 149 Å². The van der Waals surface area contributed by atoms with Crippen molar-refractivity contribution in [3.05, 3.63) is 0 Å². The fourth-order valence-corrected chi connectivity index (χ4v) is 3.67. The summed E-state index contributed by atoms with van der Waals surface area (Å²) in [5.41, 5.74) is 5.10. The Morgan fingerprint density at radius 2 is 1.68 bits per heavy atom. The molecule has 8 nitrogen and oxygen atoms in total. The molecule has 9 heteroatoms. The molecule has 0 saturated heterocycles. The van der Waals surface area contributed by atoms with Crippen LogP contribution in [0.3, 0.4) is 0 Å². The van der Waals surface area contributed by atoms with E-state index < -0.39 is 46.1 Å². The normalized spacial score (nSPS) is 13.9. The molecule has 1 amide bonds. The van der Waals surface area contributed by atoms with E-state index in [0.29, 0.717) is 6.42 Å². The highest BCUT2D eigenvalue weighted by atomic mass is 32.2. The molecule has 3 N–H and O–H groups in total. The third-order valence-corrected chi connectivity index (χ3v) is 5.21. The van der Waals surface area contributed by atoms with E-state index in [0.717, 1.165) is 25.7 Å². The molecular weight excluding hydrogens is 348 g/mol. The van der Waals surface area contributed by atoms with E-state index >= 15 is 0 Å². The van der Waals surface area contributed by atoms with Gasteiger partial charge < -0.3 is 10.5 Å². The van der Waals surface area contributed by atoms with Crippen molar-refractivity contribution in [3.8, 4) is 0 Å². The summed E-state index contributed by atoms with van der Waals surface area (Å²) in [6, 6.07) is -1.26. The molecule has 0 spiro atoms. The molecular formula is C16H30N2O6S. The lowest BCUT2D eigenvalue weighted by molar-refractivity contribution is -0.146. The molecule has 0 saturated carbocycles. The first-order valence-electron chi connectivity index (χ1n) is 8.51. The number of rotatable bonds is 14. The molecule has 146 valence electrons. The number of hydrogen-bond acceptors (Lipinski definition) is 6. The first kappa shape index (κ1) is 23.5. The maximum absolute atomic E-state index is 12.3. The zero-order valence-electron chi connectivity index (χ0n) is 15.2. The van der Waals surface area contributed by atoms with Gasteiger partial charge in [0.2, 0.25) is 15.9 Å². The number of ether oxygens (including phenoxy) is 1. The average Bonchev–Trinajstić information content (AvgIpc) is 2.52. The molecule has 0 unspecified atom stereocenters. The van der Waals surface area contributed by atoms with Gasteiger partial charge in [0.15, 0.2) is 5.78 Å². The van der Waals surface area contributed by atoms with Crippen LogP contribution in [0.4, 0.5) is 0 Å². The second-order valence-electron chi connectivity index (χ2n) is 6.17. The van der Waals surface area contributed by atoms with Crippen LogP contribution >= 0.6 is 0 Å². The lowest BCUT2D eigenvalue weighted by Crippen LogP contribution is -2.45. The number of carbonyl (C=O) groups excluding carboxylic acids is 3. The number of sulfonamides is 1. The van der Waals surface area contributed by atoms with Gasteiger partial charge in [-0.2, -0.15) is 0 Å². The quantitative estimate of drug-likeness (QED) is 0.341. The van der Waals surface area contributed by atoms with Crippen molar-refractivity contribution in [2.45, 2.75) is 64.8 Å².